The summed E-state index contributed by atoms with van der Waals surface area (Å²) in [5.74, 6) is 0.434. The SMILES string of the molecule is CCC(CC)CN1C(=O)NC2(CCCCC2CN)C1=O. The lowest BCUT2D eigenvalue weighted by Gasteiger charge is -2.38. The first-order valence-corrected chi connectivity index (χ1v) is 7.93. The van der Waals surface area contributed by atoms with Gasteiger partial charge in [-0.25, -0.2) is 4.79 Å². The molecule has 3 amide bonds. The first kappa shape index (κ1) is 15.3. The highest BCUT2D eigenvalue weighted by atomic mass is 16.2. The van der Waals surface area contributed by atoms with E-state index >= 15 is 0 Å². The van der Waals surface area contributed by atoms with Crippen molar-refractivity contribution < 1.29 is 9.59 Å². The molecular weight excluding hydrogens is 254 g/mol. The van der Waals surface area contributed by atoms with Gasteiger partial charge in [0.05, 0.1) is 0 Å². The van der Waals surface area contributed by atoms with Crippen molar-refractivity contribution in [1.29, 1.82) is 0 Å². The molecule has 0 aromatic carbocycles. The minimum Gasteiger partial charge on any atom is -0.330 e. The lowest BCUT2D eigenvalue weighted by Crippen LogP contribution is -2.57. The van der Waals surface area contributed by atoms with Crippen LogP contribution in [0.1, 0.15) is 52.4 Å². The first-order valence-electron chi connectivity index (χ1n) is 7.93. The summed E-state index contributed by atoms with van der Waals surface area (Å²) in [5.41, 5.74) is 5.13. The van der Waals surface area contributed by atoms with E-state index in [1.807, 2.05) is 0 Å². The van der Waals surface area contributed by atoms with Crippen molar-refractivity contribution in [2.24, 2.45) is 17.6 Å². The minimum atomic E-state index is -0.712. The number of imide groups is 1. The molecule has 0 radical (unpaired) electrons. The van der Waals surface area contributed by atoms with Crippen LogP contribution in [0.4, 0.5) is 4.79 Å². The Kier molecular flexibility index (Phi) is 4.68. The zero-order valence-corrected chi connectivity index (χ0v) is 12.7. The summed E-state index contributed by atoms with van der Waals surface area (Å²) in [7, 11) is 0. The van der Waals surface area contributed by atoms with Gasteiger partial charge in [0.15, 0.2) is 0 Å². The predicted molar refractivity (Wildman–Crippen MR) is 78.1 cm³/mol. The molecule has 0 bridgehead atoms. The molecular formula is C15H27N3O2. The summed E-state index contributed by atoms with van der Waals surface area (Å²) in [6.07, 6.45) is 5.72. The zero-order valence-electron chi connectivity index (χ0n) is 12.7. The number of nitrogens with zero attached hydrogens (tertiary/aromatic N) is 1. The van der Waals surface area contributed by atoms with Gasteiger partial charge in [0.1, 0.15) is 5.54 Å². The van der Waals surface area contributed by atoms with Gasteiger partial charge in [-0.3, -0.25) is 9.69 Å². The fraction of sp³-hybridized carbons (Fsp3) is 0.867. The maximum absolute atomic E-state index is 12.8. The van der Waals surface area contributed by atoms with Crippen molar-refractivity contribution in [1.82, 2.24) is 10.2 Å². The van der Waals surface area contributed by atoms with Crippen LogP contribution in [-0.2, 0) is 4.79 Å². The van der Waals surface area contributed by atoms with Crippen LogP contribution < -0.4 is 11.1 Å². The van der Waals surface area contributed by atoms with E-state index in [0.29, 0.717) is 19.0 Å². The molecule has 3 N–H and O–H groups in total. The lowest BCUT2D eigenvalue weighted by molar-refractivity contribution is -0.134. The van der Waals surface area contributed by atoms with Gasteiger partial charge in [0, 0.05) is 12.5 Å². The largest absolute Gasteiger partial charge is 0.330 e. The van der Waals surface area contributed by atoms with E-state index < -0.39 is 5.54 Å². The molecule has 114 valence electrons. The Hall–Kier alpha value is -1.10. The third kappa shape index (κ3) is 2.43. The smallest absolute Gasteiger partial charge is 0.325 e. The Labute approximate surface area is 121 Å². The molecule has 0 aromatic heterocycles. The Balaban J connectivity index is 2.18. The third-order valence-corrected chi connectivity index (χ3v) is 5.15. The summed E-state index contributed by atoms with van der Waals surface area (Å²) < 4.78 is 0. The van der Waals surface area contributed by atoms with E-state index in [4.69, 9.17) is 5.73 Å². The van der Waals surface area contributed by atoms with Crippen molar-refractivity contribution in [3.8, 4) is 0 Å². The zero-order chi connectivity index (χ0) is 14.8. The number of carbonyl (C=O) groups is 2. The highest BCUT2D eigenvalue weighted by Crippen LogP contribution is 2.38. The molecule has 1 aliphatic carbocycles. The molecule has 2 rings (SSSR count). The Morgan fingerprint density at radius 3 is 2.65 bits per heavy atom. The van der Waals surface area contributed by atoms with Crippen LogP contribution in [0.5, 0.6) is 0 Å². The fourth-order valence-corrected chi connectivity index (χ4v) is 3.63. The Morgan fingerprint density at radius 2 is 2.05 bits per heavy atom. The van der Waals surface area contributed by atoms with Gasteiger partial charge in [0.2, 0.25) is 0 Å². The van der Waals surface area contributed by atoms with E-state index in [1.54, 1.807) is 0 Å². The number of nitrogens with two attached hydrogens (primary N) is 1. The monoisotopic (exact) mass is 281 g/mol. The molecule has 1 spiro atoms. The first-order chi connectivity index (χ1) is 9.58. The van der Waals surface area contributed by atoms with Crippen LogP contribution in [0.3, 0.4) is 0 Å². The molecule has 1 heterocycles. The average molecular weight is 281 g/mol. The molecule has 20 heavy (non-hydrogen) atoms. The van der Waals surface area contributed by atoms with Crippen molar-refractivity contribution in [2.75, 3.05) is 13.1 Å². The van der Waals surface area contributed by atoms with Gasteiger partial charge in [0.25, 0.3) is 5.91 Å². The second kappa shape index (κ2) is 6.12. The van der Waals surface area contributed by atoms with Gasteiger partial charge in [-0.1, -0.05) is 39.5 Å². The molecule has 2 atom stereocenters. The van der Waals surface area contributed by atoms with E-state index in [9.17, 15) is 9.59 Å². The standard InChI is InChI=1S/C15H27N3O2/c1-3-11(4-2)10-18-13(19)15(17-14(18)20)8-6-5-7-12(15)9-16/h11-12H,3-10,16H2,1-2H3,(H,17,20). The van der Waals surface area contributed by atoms with E-state index in [1.165, 1.54) is 4.90 Å². The number of hydrogen-bond donors (Lipinski definition) is 2. The summed E-state index contributed by atoms with van der Waals surface area (Å²) in [4.78, 5) is 26.5. The van der Waals surface area contributed by atoms with Gasteiger partial charge in [-0.05, 0) is 25.3 Å². The lowest BCUT2D eigenvalue weighted by atomic mass is 9.72. The maximum Gasteiger partial charge on any atom is 0.325 e. The molecule has 0 aromatic rings. The number of urea groups is 1. The van der Waals surface area contributed by atoms with Crippen molar-refractivity contribution in [3.05, 3.63) is 0 Å². The average Bonchev–Trinajstić information content (AvgIpc) is 2.69. The quantitative estimate of drug-likeness (QED) is 0.755. The molecule has 5 nitrogen and oxygen atoms in total. The van der Waals surface area contributed by atoms with Gasteiger partial charge in [-0.2, -0.15) is 0 Å². The molecule has 1 saturated carbocycles. The number of amides is 3. The van der Waals surface area contributed by atoms with Crippen molar-refractivity contribution in [3.63, 3.8) is 0 Å². The van der Waals surface area contributed by atoms with Crippen LogP contribution in [0.15, 0.2) is 0 Å². The summed E-state index contributed by atoms with van der Waals surface area (Å²) in [6.45, 7) is 5.21. The number of rotatable bonds is 5. The summed E-state index contributed by atoms with van der Waals surface area (Å²) in [5, 5.41) is 2.98. The Morgan fingerprint density at radius 1 is 1.35 bits per heavy atom. The number of carbonyl (C=O) groups excluding carboxylic acids is 2. The van der Waals surface area contributed by atoms with Crippen molar-refractivity contribution >= 4 is 11.9 Å². The molecule has 5 heteroatoms. The molecule has 2 unspecified atom stereocenters. The van der Waals surface area contributed by atoms with Gasteiger partial charge < -0.3 is 11.1 Å². The third-order valence-electron chi connectivity index (χ3n) is 5.15. The van der Waals surface area contributed by atoms with Crippen molar-refractivity contribution in [2.45, 2.75) is 57.9 Å². The van der Waals surface area contributed by atoms with Crippen LogP contribution in [-0.4, -0.2) is 35.5 Å². The molecule has 1 aliphatic heterocycles. The van der Waals surface area contributed by atoms with Crippen LogP contribution in [0, 0.1) is 11.8 Å². The number of hydrogen-bond acceptors (Lipinski definition) is 3. The second-order valence-electron chi connectivity index (χ2n) is 6.18. The molecule has 1 saturated heterocycles. The summed E-state index contributed by atoms with van der Waals surface area (Å²) >= 11 is 0. The highest BCUT2D eigenvalue weighted by molar-refractivity contribution is 6.07. The Bertz CT molecular complexity index is 381. The summed E-state index contributed by atoms with van der Waals surface area (Å²) in [6, 6.07) is -0.220. The predicted octanol–water partition coefficient (Wildman–Crippen LogP) is 1.86. The molecule has 2 fully saturated rings. The topological polar surface area (TPSA) is 75.4 Å². The number of nitrogens with one attached hydrogen (secondary N) is 1. The highest BCUT2D eigenvalue weighted by Gasteiger charge is 2.55. The maximum atomic E-state index is 12.8. The van der Waals surface area contributed by atoms with E-state index in [0.717, 1.165) is 38.5 Å². The van der Waals surface area contributed by atoms with Gasteiger partial charge >= 0.3 is 6.03 Å². The second-order valence-corrected chi connectivity index (χ2v) is 6.18. The van der Waals surface area contributed by atoms with E-state index in [-0.39, 0.29) is 17.9 Å². The fourth-order valence-electron chi connectivity index (χ4n) is 3.63. The van der Waals surface area contributed by atoms with E-state index in [2.05, 4.69) is 19.2 Å². The van der Waals surface area contributed by atoms with Crippen LogP contribution in [0.2, 0.25) is 0 Å². The minimum absolute atomic E-state index is 0.0375. The van der Waals surface area contributed by atoms with Crippen LogP contribution in [0.25, 0.3) is 0 Å². The van der Waals surface area contributed by atoms with Gasteiger partial charge in [-0.15, -0.1) is 0 Å². The molecule has 2 aliphatic rings. The van der Waals surface area contributed by atoms with Crippen LogP contribution >= 0.6 is 0 Å². The normalized spacial score (nSPS) is 30.4.